The fourth-order valence-electron chi connectivity index (χ4n) is 3.54. The van der Waals surface area contributed by atoms with Gasteiger partial charge in [-0.05, 0) is 90.6 Å². The van der Waals surface area contributed by atoms with Crippen molar-refractivity contribution in [3.05, 3.63) is 42.6 Å². The van der Waals surface area contributed by atoms with Crippen molar-refractivity contribution in [2.45, 2.75) is 84.2 Å². The highest BCUT2D eigenvalue weighted by Crippen LogP contribution is 2.23. The third-order valence-electron chi connectivity index (χ3n) is 5.49. The molecule has 43 heavy (non-hydrogen) atoms. The molecule has 0 aliphatic heterocycles. The lowest BCUT2D eigenvalue weighted by atomic mass is 10.1. The van der Waals surface area contributed by atoms with Crippen LogP contribution in [0.25, 0.3) is 11.1 Å². The van der Waals surface area contributed by atoms with Gasteiger partial charge in [-0.1, -0.05) is 12.1 Å². The normalized spacial score (nSPS) is 12.8. The molecule has 1 heterocycles. The predicted molar refractivity (Wildman–Crippen MR) is 159 cm³/mol. The van der Waals surface area contributed by atoms with E-state index in [0.717, 1.165) is 11.1 Å². The fraction of sp³-hybridized carbons (Fsp3) is 0.500. The Labute approximate surface area is 251 Å². The van der Waals surface area contributed by atoms with Gasteiger partial charge in [-0.2, -0.15) is 0 Å². The molecule has 2 unspecified atom stereocenters. The molecule has 2 atom stereocenters. The summed E-state index contributed by atoms with van der Waals surface area (Å²) >= 11 is 0. The lowest BCUT2D eigenvalue weighted by molar-refractivity contribution is -0.148. The zero-order chi connectivity index (χ0) is 32.2. The highest BCUT2D eigenvalue weighted by molar-refractivity contribution is 5.96. The van der Waals surface area contributed by atoms with E-state index in [9.17, 15) is 24.3 Å². The number of ether oxygens (including phenoxy) is 3. The highest BCUT2D eigenvalue weighted by atomic mass is 16.6. The number of pyridine rings is 1. The van der Waals surface area contributed by atoms with Crippen LogP contribution in [0.2, 0.25) is 0 Å². The molecule has 1 aromatic heterocycles. The van der Waals surface area contributed by atoms with E-state index in [1.165, 1.54) is 0 Å². The number of nitrogens with zero attached hydrogens (tertiary/aromatic N) is 1. The van der Waals surface area contributed by atoms with Gasteiger partial charge >= 0.3 is 18.2 Å². The Morgan fingerprint density at radius 1 is 0.860 bits per heavy atom. The number of hydrogen-bond donors (Lipinski definition) is 5. The molecule has 0 fully saturated rings. The molecule has 236 valence electrons. The number of anilines is 1. The largest absolute Gasteiger partial charge is 0.490 e. The maximum absolute atomic E-state index is 13.1. The maximum atomic E-state index is 13.1. The molecule has 0 radical (unpaired) electrons. The van der Waals surface area contributed by atoms with Crippen molar-refractivity contribution >= 4 is 29.9 Å². The molecule has 0 aliphatic rings. The van der Waals surface area contributed by atoms with Crippen LogP contribution in [0, 0.1) is 0 Å². The summed E-state index contributed by atoms with van der Waals surface area (Å²) in [6.07, 6.45) is 0.0542. The number of carbonyl (C=O) groups is 4. The average molecular weight is 603 g/mol. The number of benzene rings is 1. The van der Waals surface area contributed by atoms with E-state index in [2.05, 4.69) is 20.9 Å². The van der Waals surface area contributed by atoms with E-state index in [4.69, 9.17) is 19.3 Å². The van der Waals surface area contributed by atoms with Gasteiger partial charge in [0.2, 0.25) is 5.91 Å². The zero-order valence-electron chi connectivity index (χ0n) is 25.4. The number of alkyl carbamates (subject to hydrolysis) is 2. The van der Waals surface area contributed by atoms with Gasteiger partial charge in [0, 0.05) is 18.3 Å². The molecule has 5 N–H and O–H groups in total. The van der Waals surface area contributed by atoms with Crippen LogP contribution in [0.4, 0.5) is 15.4 Å². The minimum Gasteiger partial charge on any atom is -0.490 e. The van der Waals surface area contributed by atoms with Crippen molar-refractivity contribution in [2.75, 3.05) is 18.5 Å². The highest BCUT2D eigenvalue weighted by Gasteiger charge is 2.25. The van der Waals surface area contributed by atoms with Crippen LogP contribution in [0.3, 0.4) is 0 Å². The molecule has 0 aliphatic carbocycles. The second-order valence-electron chi connectivity index (χ2n) is 11.7. The molecule has 13 nitrogen and oxygen atoms in total. The number of carbonyl (C=O) groups excluding carboxylic acids is 3. The number of aliphatic hydroxyl groups excluding tert-OH is 1. The van der Waals surface area contributed by atoms with Crippen molar-refractivity contribution in [1.82, 2.24) is 15.6 Å². The van der Waals surface area contributed by atoms with Gasteiger partial charge < -0.3 is 40.4 Å². The molecule has 2 rings (SSSR count). The average Bonchev–Trinajstić information content (AvgIpc) is 2.89. The van der Waals surface area contributed by atoms with Crippen molar-refractivity contribution in [2.24, 2.45) is 0 Å². The van der Waals surface area contributed by atoms with Crippen molar-refractivity contribution < 1.29 is 43.6 Å². The Hall–Kier alpha value is -4.39. The number of aromatic nitrogens is 1. The lowest BCUT2D eigenvalue weighted by Crippen LogP contribution is -2.46. The van der Waals surface area contributed by atoms with Gasteiger partial charge in [-0.3, -0.25) is 4.79 Å². The van der Waals surface area contributed by atoms with Crippen LogP contribution in [0.5, 0.6) is 5.75 Å². The number of unbranched alkanes of at least 4 members (excludes halogenated alkanes) is 1. The number of carboxylic acids is 1. The summed E-state index contributed by atoms with van der Waals surface area (Å²) in [6, 6.07) is 9.23. The standard InChI is InChI=1S/C30H42N4O9/c1-29(2,3)42-27(39)31-16-8-7-9-22(33-28(40)43-30(4,5)6)25(36)34-24-15-12-20(17-32-24)19-10-13-21(14-11-19)41-18-23(35)26(37)38/h10-15,17,22-23,35H,7-9,16,18H2,1-6H3,(H,31,39)(H,33,40)(H,37,38)(H,32,34,36). The summed E-state index contributed by atoms with van der Waals surface area (Å²) in [5.74, 6) is -1.17. The van der Waals surface area contributed by atoms with Crippen molar-refractivity contribution in [3.8, 4) is 16.9 Å². The summed E-state index contributed by atoms with van der Waals surface area (Å²) in [7, 11) is 0. The number of nitrogens with one attached hydrogen (secondary N) is 3. The number of hydrogen-bond acceptors (Lipinski definition) is 9. The molecule has 1 aromatic carbocycles. The third-order valence-corrected chi connectivity index (χ3v) is 5.49. The number of aliphatic hydroxyl groups is 1. The van der Waals surface area contributed by atoms with Gasteiger partial charge in [0.1, 0.15) is 35.4 Å². The lowest BCUT2D eigenvalue weighted by Gasteiger charge is -2.23. The summed E-state index contributed by atoms with van der Waals surface area (Å²) < 4.78 is 15.8. The number of amides is 3. The Balaban J connectivity index is 1.98. The third kappa shape index (κ3) is 13.9. The van der Waals surface area contributed by atoms with Crippen LogP contribution in [-0.4, -0.2) is 75.8 Å². The molecule has 0 bridgehead atoms. The first-order valence-corrected chi connectivity index (χ1v) is 13.9. The maximum Gasteiger partial charge on any atom is 0.408 e. The SMILES string of the molecule is CC(C)(C)OC(=O)NCCCCC(NC(=O)OC(C)(C)C)C(=O)Nc1ccc(-c2ccc(OCC(O)C(=O)O)cc2)cn1. The topological polar surface area (TPSA) is 185 Å². The Morgan fingerprint density at radius 3 is 2.02 bits per heavy atom. The van der Waals surface area contributed by atoms with Crippen molar-refractivity contribution in [3.63, 3.8) is 0 Å². The van der Waals surface area contributed by atoms with E-state index in [1.807, 2.05) is 0 Å². The smallest absolute Gasteiger partial charge is 0.408 e. The fourth-order valence-corrected chi connectivity index (χ4v) is 3.54. The first kappa shape index (κ1) is 34.8. The Kier molecular flexibility index (Phi) is 12.7. The van der Waals surface area contributed by atoms with Gasteiger partial charge in [0.25, 0.3) is 0 Å². The minimum absolute atomic E-state index is 0.277. The molecule has 0 saturated carbocycles. The van der Waals surface area contributed by atoms with Crippen molar-refractivity contribution in [1.29, 1.82) is 0 Å². The Bertz CT molecular complexity index is 1220. The van der Waals surface area contributed by atoms with E-state index in [1.54, 1.807) is 84.1 Å². The molecule has 3 amide bonds. The second kappa shape index (κ2) is 15.7. The van der Waals surface area contributed by atoms with E-state index >= 15 is 0 Å². The van der Waals surface area contributed by atoms with E-state index in [0.29, 0.717) is 25.1 Å². The molecule has 0 spiro atoms. The van der Waals surface area contributed by atoms with E-state index in [-0.39, 0.29) is 18.8 Å². The van der Waals surface area contributed by atoms with Crippen LogP contribution in [-0.2, 0) is 19.1 Å². The number of carboxylic acid groups (broad SMARTS) is 1. The summed E-state index contributed by atoms with van der Waals surface area (Å²) in [5, 5.41) is 26.1. The summed E-state index contributed by atoms with van der Waals surface area (Å²) in [5.41, 5.74) is 0.188. The van der Waals surface area contributed by atoms with Crippen LogP contribution >= 0.6 is 0 Å². The molecule has 2 aromatic rings. The zero-order valence-corrected chi connectivity index (χ0v) is 25.4. The predicted octanol–water partition coefficient (Wildman–Crippen LogP) is 4.10. The minimum atomic E-state index is -1.62. The second-order valence-corrected chi connectivity index (χ2v) is 11.7. The van der Waals surface area contributed by atoms with E-state index < -0.39 is 47.4 Å². The molecule has 13 heteroatoms. The van der Waals surface area contributed by atoms with Gasteiger partial charge in [-0.15, -0.1) is 0 Å². The van der Waals surface area contributed by atoms with Crippen LogP contribution in [0.15, 0.2) is 42.6 Å². The molecular weight excluding hydrogens is 560 g/mol. The number of rotatable bonds is 13. The molecule has 0 saturated heterocycles. The summed E-state index contributed by atoms with van der Waals surface area (Å²) in [6.45, 7) is 10.5. The quantitative estimate of drug-likeness (QED) is 0.209. The first-order valence-electron chi connectivity index (χ1n) is 13.9. The van der Waals surface area contributed by atoms with Gasteiger partial charge in [-0.25, -0.2) is 19.4 Å². The van der Waals surface area contributed by atoms with Gasteiger partial charge in [0.05, 0.1) is 0 Å². The molecular formula is C30H42N4O9. The number of aliphatic carboxylic acids is 1. The van der Waals surface area contributed by atoms with Gasteiger partial charge in [0.15, 0.2) is 6.10 Å². The Morgan fingerprint density at radius 2 is 1.47 bits per heavy atom. The summed E-state index contributed by atoms with van der Waals surface area (Å²) in [4.78, 5) is 52.4. The monoisotopic (exact) mass is 602 g/mol. The first-order chi connectivity index (χ1) is 20.0. The van der Waals surface area contributed by atoms with Crippen LogP contribution < -0.4 is 20.7 Å². The van der Waals surface area contributed by atoms with Crippen LogP contribution in [0.1, 0.15) is 60.8 Å².